The van der Waals surface area contributed by atoms with Gasteiger partial charge in [0, 0.05) is 13.1 Å². The zero-order valence-electron chi connectivity index (χ0n) is 10.1. The average molecular weight is 282 g/mol. The molecule has 0 radical (unpaired) electrons. The monoisotopic (exact) mass is 281 g/mol. The van der Waals surface area contributed by atoms with E-state index in [1.807, 2.05) is 12.1 Å². The fraction of sp³-hybridized carbons (Fsp3) is 0.455. The summed E-state index contributed by atoms with van der Waals surface area (Å²) in [5, 5.41) is 15.9. The van der Waals surface area contributed by atoms with Crippen LogP contribution >= 0.6 is 11.6 Å². The number of morpholine rings is 1. The van der Waals surface area contributed by atoms with Crippen molar-refractivity contribution in [3.8, 4) is 11.6 Å². The van der Waals surface area contributed by atoms with Crippen molar-refractivity contribution in [2.75, 3.05) is 31.2 Å². The summed E-state index contributed by atoms with van der Waals surface area (Å²) in [6.45, 7) is 3.08. The number of hydrogen-bond acceptors (Lipinski definition) is 7. The molecule has 0 bridgehead atoms. The van der Waals surface area contributed by atoms with Crippen LogP contribution in [0.1, 0.15) is 5.89 Å². The van der Waals surface area contributed by atoms with Crippen LogP contribution in [-0.4, -0.2) is 46.7 Å². The van der Waals surface area contributed by atoms with Gasteiger partial charge in [-0.2, -0.15) is 0 Å². The Morgan fingerprint density at radius 1 is 1.11 bits per heavy atom. The largest absolute Gasteiger partial charge is 0.418 e. The van der Waals surface area contributed by atoms with E-state index in [1.54, 1.807) is 0 Å². The molecule has 19 heavy (non-hydrogen) atoms. The van der Waals surface area contributed by atoms with Gasteiger partial charge < -0.3 is 14.1 Å². The summed E-state index contributed by atoms with van der Waals surface area (Å²) in [5.74, 6) is 1.71. The molecule has 8 heteroatoms. The van der Waals surface area contributed by atoms with E-state index in [0.717, 1.165) is 18.9 Å². The quantitative estimate of drug-likeness (QED) is 0.780. The smallest absolute Gasteiger partial charge is 0.268 e. The molecule has 0 N–H and O–H groups in total. The van der Waals surface area contributed by atoms with Gasteiger partial charge in [0.15, 0.2) is 5.82 Å². The molecule has 0 spiro atoms. The van der Waals surface area contributed by atoms with Crippen LogP contribution in [0, 0.1) is 0 Å². The van der Waals surface area contributed by atoms with Crippen LogP contribution in [0.4, 0.5) is 5.82 Å². The van der Waals surface area contributed by atoms with E-state index in [1.165, 1.54) is 0 Å². The maximum Gasteiger partial charge on any atom is 0.268 e. The lowest BCUT2D eigenvalue weighted by Gasteiger charge is -2.27. The van der Waals surface area contributed by atoms with Crippen molar-refractivity contribution in [2.24, 2.45) is 0 Å². The molecule has 3 heterocycles. The molecule has 100 valence electrons. The number of anilines is 1. The Kier molecular flexibility index (Phi) is 3.56. The third kappa shape index (κ3) is 2.66. The van der Waals surface area contributed by atoms with E-state index in [2.05, 4.69) is 25.3 Å². The Balaban J connectivity index is 1.78. The highest BCUT2D eigenvalue weighted by Crippen LogP contribution is 2.18. The van der Waals surface area contributed by atoms with Crippen molar-refractivity contribution >= 4 is 17.4 Å². The second kappa shape index (κ2) is 5.50. The molecule has 0 aromatic carbocycles. The van der Waals surface area contributed by atoms with Crippen molar-refractivity contribution in [3.05, 3.63) is 18.0 Å². The molecule has 1 aliphatic rings. The molecular formula is C11H12ClN5O2. The number of rotatable bonds is 3. The first-order valence-electron chi connectivity index (χ1n) is 5.92. The molecule has 1 aliphatic heterocycles. The van der Waals surface area contributed by atoms with Crippen molar-refractivity contribution in [3.63, 3.8) is 0 Å². The number of aromatic nitrogens is 4. The number of ether oxygens (including phenoxy) is 1. The first-order chi connectivity index (χ1) is 9.36. The normalized spacial score (nSPS) is 15.7. The van der Waals surface area contributed by atoms with Crippen molar-refractivity contribution in [1.29, 1.82) is 0 Å². The predicted molar refractivity (Wildman–Crippen MR) is 67.9 cm³/mol. The summed E-state index contributed by atoms with van der Waals surface area (Å²) >= 11 is 5.60. The number of hydrogen-bond donors (Lipinski definition) is 0. The lowest BCUT2D eigenvalue weighted by atomic mass is 10.3. The van der Waals surface area contributed by atoms with E-state index in [0.29, 0.717) is 30.7 Å². The van der Waals surface area contributed by atoms with Crippen LogP contribution in [0.3, 0.4) is 0 Å². The van der Waals surface area contributed by atoms with E-state index in [4.69, 9.17) is 20.8 Å². The van der Waals surface area contributed by atoms with Crippen molar-refractivity contribution in [1.82, 2.24) is 20.4 Å². The predicted octanol–water partition coefficient (Wildman–Crippen LogP) is 1.10. The number of halogens is 1. The van der Waals surface area contributed by atoms with Crippen LogP contribution in [0.2, 0.25) is 0 Å². The van der Waals surface area contributed by atoms with Crippen molar-refractivity contribution in [2.45, 2.75) is 5.88 Å². The van der Waals surface area contributed by atoms with Gasteiger partial charge in [-0.15, -0.1) is 32.0 Å². The summed E-state index contributed by atoms with van der Waals surface area (Å²) in [7, 11) is 0. The van der Waals surface area contributed by atoms with Crippen LogP contribution in [0.25, 0.3) is 11.6 Å². The third-order valence-corrected chi connectivity index (χ3v) is 3.01. The fourth-order valence-electron chi connectivity index (χ4n) is 1.81. The van der Waals surface area contributed by atoms with Gasteiger partial charge in [0.1, 0.15) is 11.6 Å². The SMILES string of the molecule is ClCc1nnc(-c2ccc(N3CCOCC3)nn2)o1. The molecule has 0 aliphatic carbocycles. The zero-order valence-corrected chi connectivity index (χ0v) is 10.9. The lowest BCUT2D eigenvalue weighted by molar-refractivity contribution is 0.122. The Labute approximate surface area is 114 Å². The number of alkyl halides is 1. The minimum atomic E-state index is 0.187. The highest BCUT2D eigenvalue weighted by atomic mass is 35.5. The van der Waals surface area contributed by atoms with Gasteiger partial charge in [-0.1, -0.05) is 0 Å². The van der Waals surface area contributed by atoms with E-state index >= 15 is 0 Å². The molecule has 3 rings (SSSR count). The molecule has 0 unspecified atom stereocenters. The van der Waals surface area contributed by atoms with Gasteiger partial charge in [-0.05, 0) is 12.1 Å². The molecule has 0 atom stereocenters. The van der Waals surface area contributed by atoms with Gasteiger partial charge in [0.05, 0.1) is 13.2 Å². The summed E-state index contributed by atoms with van der Waals surface area (Å²) in [6, 6.07) is 3.70. The molecule has 1 fully saturated rings. The van der Waals surface area contributed by atoms with Crippen LogP contribution in [0.15, 0.2) is 16.5 Å². The Bertz CT molecular complexity index is 538. The standard InChI is InChI=1S/C11H12ClN5O2/c12-7-10-15-16-11(19-10)8-1-2-9(14-13-8)17-3-5-18-6-4-17/h1-2H,3-7H2. The second-order valence-electron chi connectivity index (χ2n) is 4.01. The Morgan fingerprint density at radius 2 is 1.95 bits per heavy atom. The minimum Gasteiger partial charge on any atom is -0.418 e. The maximum atomic E-state index is 5.60. The number of nitrogens with zero attached hydrogens (tertiary/aromatic N) is 5. The van der Waals surface area contributed by atoms with Crippen LogP contribution in [-0.2, 0) is 10.6 Å². The Hall–Kier alpha value is -1.73. The minimum absolute atomic E-state index is 0.187. The molecular weight excluding hydrogens is 270 g/mol. The van der Waals surface area contributed by atoms with Gasteiger partial charge in [-0.3, -0.25) is 0 Å². The molecule has 2 aromatic heterocycles. The van der Waals surface area contributed by atoms with Crippen LogP contribution < -0.4 is 4.90 Å². The summed E-state index contributed by atoms with van der Waals surface area (Å²) in [6.07, 6.45) is 0. The Morgan fingerprint density at radius 3 is 2.58 bits per heavy atom. The molecule has 0 saturated carbocycles. The van der Waals surface area contributed by atoms with Crippen molar-refractivity contribution < 1.29 is 9.15 Å². The van der Waals surface area contributed by atoms with Gasteiger partial charge >= 0.3 is 0 Å². The first kappa shape index (κ1) is 12.3. The van der Waals surface area contributed by atoms with Gasteiger partial charge in [0.2, 0.25) is 5.89 Å². The summed E-state index contributed by atoms with van der Waals surface area (Å²) in [5.41, 5.74) is 0.542. The lowest BCUT2D eigenvalue weighted by Crippen LogP contribution is -2.36. The highest BCUT2D eigenvalue weighted by molar-refractivity contribution is 6.16. The summed E-state index contributed by atoms with van der Waals surface area (Å²) < 4.78 is 10.6. The van der Waals surface area contributed by atoms with Crippen LogP contribution in [0.5, 0.6) is 0 Å². The maximum absolute atomic E-state index is 5.60. The van der Waals surface area contributed by atoms with E-state index < -0.39 is 0 Å². The average Bonchev–Trinajstić information content (AvgIpc) is 2.97. The van der Waals surface area contributed by atoms with Gasteiger partial charge in [0.25, 0.3) is 5.89 Å². The zero-order chi connectivity index (χ0) is 13.1. The first-order valence-corrected chi connectivity index (χ1v) is 6.45. The highest BCUT2D eigenvalue weighted by Gasteiger charge is 2.14. The molecule has 2 aromatic rings. The summed E-state index contributed by atoms with van der Waals surface area (Å²) in [4.78, 5) is 2.12. The molecule has 7 nitrogen and oxygen atoms in total. The van der Waals surface area contributed by atoms with Gasteiger partial charge in [-0.25, -0.2) is 0 Å². The third-order valence-electron chi connectivity index (χ3n) is 2.79. The molecule has 0 amide bonds. The van der Waals surface area contributed by atoms with E-state index in [9.17, 15) is 0 Å². The fourth-order valence-corrected chi connectivity index (χ4v) is 1.92. The molecule has 1 saturated heterocycles. The van der Waals surface area contributed by atoms with E-state index in [-0.39, 0.29) is 5.88 Å². The second-order valence-corrected chi connectivity index (χ2v) is 4.28. The topological polar surface area (TPSA) is 77.2 Å².